The molecule has 0 spiro atoms. The van der Waals surface area contributed by atoms with Gasteiger partial charge in [0.1, 0.15) is 0 Å². The zero-order chi connectivity index (χ0) is 13.0. The third kappa shape index (κ3) is 4.26. The molecule has 1 fully saturated rings. The van der Waals surface area contributed by atoms with Gasteiger partial charge in [0.05, 0.1) is 6.04 Å². The molecule has 1 rings (SSSR count). The Morgan fingerprint density at radius 1 is 1.47 bits per heavy atom. The lowest BCUT2D eigenvalue weighted by Crippen LogP contribution is -2.49. The number of rotatable bonds is 7. The lowest BCUT2D eigenvalue weighted by molar-refractivity contribution is -0.166. The Morgan fingerprint density at radius 3 is 2.47 bits per heavy atom. The van der Waals surface area contributed by atoms with Gasteiger partial charge in [-0.2, -0.15) is 0 Å². The van der Waals surface area contributed by atoms with Gasteiger partial charge in [0.2, 0.25) is 0 Å². The molecule has 2 atom stereocenters. The van der Waals surface area contributed by atoms with E-state index in [1.54, 1.807) is 0 Å². The van der Waals surface area contributed by atoms with Crippen molar-refractivity contribution in [3.63, 3.8) is 0 Å². The molecule has 0 saturated heterocycles. The second-order valence-corrected chi connectivity index (χ2v) is 5.15. The van der Waals surface area contributed by atoms with Crippen LogP contribution in [0.1, 0.15) is 32.6 Å². The van der Waals surface area contributed by atoms with E-state index in [0.717, 1.165) is 12.3 Å². The predicted octanol–water partition coefficient (Wildman–Crippen LogP) is 0.672. The van der Waals surface area contributed by atoms with Crippen molar-refractivity contribution in [1.82, 2.24) is 9.96 Å². The number of amides is 1. The number of hydrogen-bond donors (Lipinski definition) is 2. The molecule has 0 aromatic heterocycles. The minimum absolute atomic E-state index is 0.277. The highest BCUT2D eigenvalue weighted by Gasteiger charge is 2.31. The van der Waals surface area contributed by atoms with E-state index in [1.165, 1.54) is 19.9 Å². The summed E-state index contributed by atoms with van der Waals surface area (Å²) in [6.45, 7) is 2.58. The number of nitrogens with zero attached hydrogens (tertiary/aromatic N) is 2. The standard InChI is InChI=1S/C12H25N3O2/c1-9(8-10-4-5-10)14(2)11(6-7-13)12(16)15(3)17/h9-11,17H,4-8,13H2,1-3H3. The van der Waals surface area contributed by atoms with Gasteiger partial charge in [-0.1, -0.05) is 12.8 Å². The fourth-order valence-corrected chi connectivity index (χ4v) is 2.18. The molecule has 0 bridgehead atoms. The molecule has 1 aliphatic rings. The first-order valence-corrected chi connectivity index (χ1v) is 6.35. The predicted molar refractivity (Wildman–Crippen MR) is 66.6 cm³/mol. The minimum Gasteiger partial charge on any atom is -0.330 e. The molecule has 0 aromatic rings. The van der Waals surface area contributed by atoms with Gasteiger partial charge in [-0.05, 0) is 39.3 Å². The van der Waals surface area contributed by atoms with E-state index >= 15 is 0 Å². The highest BCUT2D eigenvalue weighted by molar-refractivity contribution is 5.80. The number of hydroxylamine groups is 2. The number of hydrogen-bond acceptors (Lipinski definition) is 4. The summed E-state index contributed by atoms with van der Waals surface area (Å²) in [4.78, 5) is 13.9. The van der Waals surface area contributed by atoms with Crippen molar-refractivity contribution in [3.05, 3.63) is 0 Å². The SMILES string of the molecule is CC(CC1CC1)N(C)C(CCN)C(=O)N(C)O. The van der Waals surface area contributed by atoms with Crippen molar-refractivity contribution in [2.45, 2.75) is 44.7 Å². The largest absolute Gasteiger partial charge is 0.330 e. The van der Waals surface area contributed by atoms with Crippen LogP contribution in [0.3, 0.4) is 0 Å². The highest BCUT2D eigenvalue weighted by Crippen LogP contribution is 2.34. The molecule has 0 radical (unpaired) electrons. The number of nitrogens with two attached hydrogens (primary N) is 1. The van der Waals surface area contributed by atoms with Crippen molar-refractivity contribution in [2.75, 3.05) is 20.6 Å². The summed E-state index contributed by atoms with van der Waals surface area (Å²) in [5, 5.41) is 9.93. The van der Waals surface area contributed by atoms with E-state index in [2.05, 4.69) is 6.92 Å². The van der Waals surface area contributed by atoms with Gasteiger partial charge in [0.15, 0.2) is 0 Å². The van der Waals surface area contributed by atoms with Gasteiger partial charge in [0, 0.05) is 13.1 Å². The summed E-state index contributed by atoms with van der Waals surface area (Å²) in [5.41, 5.74) is 5.54. The number of likely N-dealkylation sites (N-methyl/N-ethyl adjacent to an activating group) is 2. The summed E-state index contributed by atoms with van der Waals surface area (Å²) in [6.07, 6.45) is 4.33. The zero-order valence-corrected chi connectivity index (χ0v) is 11.1. The summed E-state index contributed by atoms with van der Waals surface area (Å²) in [6, 6.07) is 0.0340. The molecule has 5 nitrogen and oxygen atoms in total. The summed E-state index contributed by atoms with van der Waals surface area (Å²) in [7, 11) is 3.31. The lowest BCUT2D eigenvalue weighted by Gasteiger charge is -2.33. The van der Waals surface area contributed by atoms with Crippen LogP contribution >= 0.6 is 0 Å². The first-order valence-electron chi connectivity index (χ1n) is 6.35. The third-order valence-corrected chi connectivity index (χ3v) is 3.60. The summed E-state index contributed by atoms with van der Waals surface area (Å²) < 4.78 is 0. The molecule has 1 amide bonds. The van der Waals surface area contributed by atoms with Gasteiger partial charge >= 0.3 is 0 Å². The van der Waals surface area contributed by atoms with Crippen LogP contribution in [0.4, 0.5) is 0 Å². The van der Waals surface area contributed by atoms with Crippen LogP contribution in [0.5, 0.6) is 0 Å². The van der Waals surface area contributed by atoms with Crippen LogP contribution in [0.25, 0.3) is 0 Å². The monoisotopic (exact) mass is 243 g/mol. The zero-order valence-electron chi connectivity index (χ0n) is 11.1. The van der Waals surface area contributed by atoms with Crippen molar-refractivity contribution in [3.8, 4) is 0 Å². The van der Waals surface area contributed by atoms with Gasteiger partial charge < -0.3 is 5.73 Å². The quantitative estimate of drug-likeness (QED) is 0.509. The fourth-order valence-electron chi connectivity index (χ4n) is 2.18. The van der Waals surface area contributed by atoms with Crippen LogP contribution in [0.15, 0.2) is 0 Å². The Labute approximate surface area is 104 Å². The van der Waals surface area contributed by atoms with E-state index in [9.17, 15) is 10.0 Å². The Morgan fingerprint density at radius 2 is 2.06 bits per heavy atom. The van der Waals surface area contributed by atoms with Crippen LogP contribution in [-0.4, -0.2) is 53.8 Å². The topological polar surface area (TPSA) is 69.8 Å². The minimum atomic E-state index is -0.316. The van der Waals surface area contributed by atoms with Gasteiger partial charge in [0.25, 0.3) is 5.91 Å². The molecule has 0 aliphatic heterocycles. The highest BCUT2D eigenvalue weighted by atomic mass is 16.5. The summed E-state index contributed by atoms with van der Waals surface area (Å²) >= 11 is 0. The maximum absolute atomic E-state index is 11.9. The molecule has 2 unspecified atom stereocenters. The van der Waals surface area contributed by atoms with E-state index < -0.39 is 0 Å². The van der Waals surface area contributed by atoms with Gasteiger partial charge in [-0.3, -0.25) is 14.9 Å². The molecule has 0 aromatic carbocycles. The first-order chi connectivity index (χ1) is 7.97. The third-order valence-electron chi connectivity index (χ3n) is 3.60. The second-order valence-electron chi connectivity index (χ2n) is 5.15. The van der Waals surface area contributed by atoms with E-state index in [0.29, 0.717) is 24.1 Å². The number of carbonyl (C=O) groups excluding carboxylic acids is 1. The lowest BCUT2D eigenvalue weighted by atomic mass is 10.1. The van der Waals surface area contributed by atoms with Crippen molar-refractivity contribution >= 4 is 5.91 Å². The van der Waals surface area contributed by atoms with Crippen molar-refractivity contribution in [1.29, 1.82) is 0 Å². The van der Waals surface area contributed by atoms with Crippen LogP contribution in [0, 0.1) is 5.92 Å². The van der Waals surface area contributed by atoms with Crippen molar-refractivity contribution < 1.29 is 10.0 Å². The van der Waals surface area contributed by atoms with Crippen LogP contribution in [-0.2, 0) is 4.79 Å². The average Bonchev–Trinajstić information content (AvgIpc) is 3.07. The molecular formula is C12H25N3O2. The van der Waals surface area contributed by atoms with E-state index in [-0.39, 0.29) is 11.9 Å². The van der Waals surface area contributed by atoms with E-state index in [4.69, 9.17) is 5.73 Å². The van der Waals surface area contributed by atoms with Crippen molar-refractivity contribution in [2.24, 2.45) is 11.7 Å². The fraction of sp³-hybridized carbons (Fsp3) is 0.917. The second kappa shape index (κ2) is 6.33. The maximum atomic E-state index is 11.9. The average molecular weight is 243 g/mol. The molecule has 1 aliphatic carbocycles. The molecule has 1 saturated carbocycles. The van der Waals surface area contributed by atoms with Gasteiger partial charge in [-0.25, -0.2) is 5.06 Å². The molecule has 0 heterocycles. The molecule has 5 heteroatoms. The normalized spacial score (nSPS) is 19.2. The Kier molecular flexibility index (Phi) is 5.36. The smallest absolute Gasteiger partial charge is 0.263 e. The first kappa shape index (κ1) is 14.4. The Bertz CT molecular complexity index is 254. The molecule has 100 valence electrons. The van der Waals surface area contributed by atoms with Crippen LogP contribution in [0.2, 0.25) is 0 Å². The Hall–Kier alpha value is -0.650. The van der Waals surface area contributed by atoms with E-state index in [1.807, 2.05) is 11.9 Å². The van der Waals surface area contributed by atoms with Gasteiger partial charge in [-0.15, -0.1) is 0 Å². The van der Waals surface area contributed by atoms with Crippen LogP contribution < -0.4 is 5.73 Å². The summed E-state index contributed by atoms with van der Waals surface area (Å²) in [5.74, 6) is 0.550. The molecular weight excluding hydrogens is 218 g/mol. The molecule has 3 N–H and O–H groups in total. The number of carbonyl (C=O) groups is 1. The maximum Gasteiger partial charge on any atom is 0.263 e. The Balaban J connectivity index is 2.56. The molecule has 17 heavy (non-hydrogen) atoms.